The van der Waals surface area contributed by atoms with Gasteiger partial charge in [-0.2, -0.15) is 5.10 Å². The number of para-hydroxylation sites is 2. The highest BCUT2D eigenvalue weighted by atomic mass is 16.2. The molecule has 7 nitrogen and oxygen atoms in total. The molecule has 1 aromatic heterocycles. The van der Waals surface area contributed by atoms with E-state index in [0.29, 0.717) is 23.5 Å². The van der Waals surface area contributed by atoms with Gasteiger partial charge >= 0.3 is 6.03 Å². The van der Waals surface area contributed by atoms with Crippen molar-refractivity contribution in [2.75, 3.05) is 17.7 Å². The number of nitrogens with zero attached hydrogens (tertiary/aromatic N) is 3. The van der Waals surface area contributed by atoms with Crippen LogP contribution in [0.3, 0.4) is 0 Å². The molecule has 34 heavy (non-hydrogen) atoms. The molecule has 4 aromatic rings. The highest BCUT2D eigenvalue weighted by molar-refractivity contribution is 6.00. The fourth-order valence-corrected chi connectivity index (χ4v) is 3.76. The number of anilines is 2. The quantitative estimate of drug-likeness (QED) is 0.410. The molecule has 0 fully saturated rings. The monoisotopic (exact) mass is 453 g/mol. The number of hydrogen-bond acceptors (Lipinski definition) is 3. The van der Waals surface area contributed by atoms with E-state index in [9.17, 15) is 9.59 Å². The Balaban J connectivity index is 1.40. The van der Waals surface area contributed by atoms with Crippen molar-refractivity contribution in [3.63, 3.8) is 0 Å². The van der Waals surface area contributed by atoms with Crippen LogP contribution in [0.1, 0.15) is 27.3 Å². The maximum absolute atomic E-state index is 13.0. The number of rotatable bonds is 6. The third-order valence-corrected chi connectivity index (χ3v) is 5.61. The fourth-order valence-electron chi connectivity index (χ4n) is 3.76. The standard InChI is InChI=1S/C27H27N5O2/c1-19-25(20(2)32(30-19)24-12-8-5-9-13-24)18-31(3)26(33)21-14-16-23(17-15-21)29-27(34)28-22-10-6-4-7-11-22/h4-17H,18H2,1-3H3,(H2,28,29,34). The molecule has 0 radical (unpaired) electrons. The van der Waals surface area contributed by atoms with Gasteiger partial charge in [-0.25, -0.2) is 9.48 Å². The average Bonchev–Trinajstić information content (AvgIpc) is 3.13. The van der Waals surface area contributed by atoms with Gasteiger partial charge in [0.05, 0.1) is 11.4 Å². The molecular formula is C27H27N5O2. The van der Waals surface area contributed by atoms with Gasteiger partial charge in [0.2, 0.25) is 0 Å². The summed E-state index contributed by atoms with van der Waals surface area (Å²) in [6.07, 6.45) is 0. The van der Waals surface area contributed by atoms with Crippen LogP contribution in [0, 0.1) is 13.8 Å². The van der Waals surface area contributed by atoms with Crippen LogP contribution in [-0.4, -0.2) is 33.7 Å². The first kappa shape index (κ1) is 22.8. The van der Waals surface area contributed by atoms with Crippen LogP contribution in [-0.2, 0) is 6.54 Å². The van der Waals surface area contributed by atoms with Crippen molar-refractivity contribution in [1.29, 1.82) is 0 Å². The molecule has 0 aliphatic rings. The van der Waals surface area contributed by atoms with Crippen LogP contribution in [0.15, 0.2) is 84.9 Å². The van der Waals surface area contributed by atoms with Gasteiger partial charge in [-0.05, 0) is 62.4 Å². The van der Waals surface area contributed by atoms with E-state index >= 15 is 0 Å². The maximum atomic E-state index is 13.0. The lowest BCUT2D eigenvalue weighted by Crippen LogP contribution is -2.26. The van der Waals surface area contributed by atoms with Gasteiger partial charge in [0.1, 0.15) is 0 Å². The molecule has 172 valence electrons. The van der Waals surface area contributed by atoms with Crippen LogP contribution in [0.2, 0.25) is 0 Å². The summed E-state index contributed by atoms with van der Waals surface area (Å²) in [5.74, 6) is -0.105. The second-order valence-electron chi connectivity index (χ2n) is 8.08. The highest BCUT2D eigenvalue weighted by Crippen LogP contribution is 2.20. The van der Waals surface area contributed by atoms with Crippen LogP contribution >= 0.6 is 0 Å². The summed E-state index contributed by atoms with van der Waals surface area (Å²) in [6.45, 7) is 4.42. The van der Waals surface area contributed by atoms with E-state index in [1.165, 1.54) is 0 Å². The molecule has 0 aliphatic heterocycles. The number of carbonyl (C=O) groups is 2. The summed E-state index contributed by atoms with van der Waals surface area (Å²) in [7, 11) is 1.78. The summed E-state index contributed by atoms with van der Waals surface area (Å²) in [5.41, 5.74) is 5.76. The van der Waals surface area contributed by atoms with Crippen LogP contribution in [0.5, 0.6) is 0 Å². The third kappa shape index (κ3) is 5.15. The predicted molar refractivity (Wildman–Crippen MR) is 134 cm³/mol. The summed E-state index contributed by atoms with van der Waals surface area (Å²) >= 11 is 0. The van der Waals surface area contributed by atoms with E-state index in [0.717, 1.165) is 22.6 Å². The van der Waals surface area contributed by atoms with Gasteiger partial charge in [0.25, 0.3) is 5.91 Å². The Kier molecular flexibility index (Phi) is 6.73. The Labute approximate surface area is 199 Å². The third-order valence-electron chi connectivity index (χ3n) is 5.61. The second kappa shape index (κ2) is 10.0. The Morgan fingerprint density at radius 2 is 1.38 bits per heavy atom. The van der Waals surface area contributed by atoms with E-state index in [4.69, 9.17) is 0 Å². The molecule has 1 heterocycles. The Hall–Kier alpha value is -4.39. The molecule has 4 rings (SSSR count). The maximum Gasteiger partial charge on any atom is 0.323 e. The minimum absolute atomic E-state index is 0.105. The molecule has 0 saturated heterocycles. The van der Waals surface area contributed by atoms with Crippen molar-refractivity contribution in [1.82, 2.24) is 14.7 Å². The summed E-state index contributed by atoms with van der Waals surface area (Å²) in [6, 6.07) is 25.7. The summed E-state index contributed by atoms with van der Waals surface area (Å²) in [4.78, 5) is 26.9. The first-order valence-corrected chi connectivity index (χ1v) is 11.0. The first-order chi connectivity index (χ1) is 16.4. The summed E-state index contributed by atoms with van der Waals surface area (Å²) in [5, 5.41) is 10.2. The number of aromatic nitrogens is 2. The van der Waals surface area contributed by atoms with Gasteiger partial charge in [-0.3, -0.25) is 4.79 Å². The van der Waals surface area contributed by atoms with Crippen LogP contribution < -0.4 is 10.6 Å². The van der Waals surface area contributed by atoms with Crippen molar-refractivity contribution >= 4 is 23.3 Å². The molecule has 2 N–H and O–H groups in total. The number of nitrogens with one attached hydrogen (secondary N) is 2. The molecular weight excluding hydrogens is 426 g/mol. The highest BCUT2D eigenvalue weighted by Gasteiger charge is 2.18. The Morgan fingerprint density at radius 1 is 0.824 bits per heavy atom. The van der Waals surface area contributed by atoms with E-state index in [1.807, 2.05) is 79.2 Å². The topological polar surface area (TPSA) is 79.3 Å². The number of benzene rings is 3. The van der Waals surface area contributed by atoms with Crippen molar-refractivity contribution < 1.29 is 9.59 Å². The molecule has 0 aliphatic carbocycles. The number of hydrogen-bond donors (Lipinski definition) is 2. The molecule has 0 saturated carbocycles. The fraction of sp³-hybridized carbons (Fsp3) is 0.148. The Morgan fingerprint density at radius 3 is 2.00 bits per heavy atom. The minimum atomic E-state index is -0.344. The lowest BCUT2D eigenvalue weighted by molar-refractivity contribution is 0.0785. The summed E-state index contributed by atoms with van der Waals surface area (Å²) < 4.78 is 1.91. The molecule has 7 heteroatoms. The lowest BCUT2D eigenvalue weighted by Gasteiger charge is -2.18. The van der Waals surface area contributed by atoms with Gasteiger partial charge in [-0.15, -0.1) is 0 Å². The van der Waals surface area contributed by atoms with Gasteiger partial charge in [-0.1, -0.05) is 36.4 Å². The van der Waals surface area contributed by atoms with Crippen molar-refractivity contribution in [3.8, 4) is 5.69 Å². The first-order valence-electron chi connectivity index (χ1n) is 11.0. The van der Waals surface area contributed by atoms with Crippen LogP contribution in [0.25, 0.3) is 5.69 Å². The van der Waals surface area contributed by atoms with Gasteiger partial charge in [0.15, 0.2) is 0 Å². The van der Waals surface area contributed by atoms with Crippen LogP contribution in [0.4, 0.5) is 16.2 Å². The van der Waals surface area contributed by atoms with Crippen molar-refractivity contribution in [2.24, 2.45) is 0 Å². The van der Waals surface area contributed by atoms with Gasteiger partial charge < -0.3 is 15.5 Å². The normalized spacial score (nSPS) is 10.6. The van der Waals surface area contributed by atoms with E-state index in [-0.39, 0.29) is 11.9 Å². The second-order valence-corrected chi connectivity index (χ2v) is 8.08. The zero-order chi connectivity index (χ0) is 24.1. The zero-order valence-electron chi connectivity index (χ0n) is 19.4. The number of urea groups is 1. The zero-order valence-corrected chi connectivity index (χ0v) is 19.4. The molecule has 0 bridgehead atoms. The molecule has 0 spiro atoms. The van der Waals surface area contributed by atoms with Crippen molar-refractivity contribution in [3.05, 3.63) is 107 Å². The van der Waals surface area contributed by atoms with E-state index in [1.54, 1.807) is 36.2 Å². The molecule has 0 unspecified atom stereocenters. The predicted octanol–water partition coefficient (Wildman–Crippen LogP) is 5.41. The number of amides is 3. The smallest absolute Gasteiger partial charge is 0.323 e. The largest absolute Gasteiger partial charge is 0.337 e. The van der Waals surface area contributed by atoms with E-state index < -0.39 is 0 Å². The van der Waals surface area contributed by atoms with Crippen molar-refractivity contribution in [2.45, 2.75) is 20.4 Å². The average molecular weight is 454 g/mol. The SMILES string of the molecule is Cc1nn(-c2ccccc2)c(C)c1CN(C)C(=O)c1ccc(NC(=O)Nc2ccccc2)cc1. The van der Waals surface area contributed by atoms with Gasteiger partial charge in [0, 0.05) is 41.8 Å². The molecule has 0 atom stereocenters. The minimum Gasteiger partial charge on any atom is -0.337 e. The number of carbonyl (C=O) groups excluding carboxylic acids is 2. The lowest BCUT2D eigenvalue weighted by atomic mass is 10.1. The van der Waals surface area contributed by atoms with E-state index in [2.05, 4.69) is 15.7 Å². The molecule has 3 amide bonds. The Bertz CT molecular complexity index is 1280. The number of aryl methyl sites for hydroxylation is 1. The molecule has 3 aromatic carbocycles.